The van der Waals surface area contributed by atoms with Gasteiger partial charge in [0.25, 0.3) is 11.5 Å². The predicted molar refractivity (Wildman–Crippen MR) is 122 cm³/mol. The van der Waals surface area contributed by atoms with E-state index in [1.54, 1.807) is 12.4 Å². The van der Waals surface area contributed by atoms with Gasteiger partial charge < -0.3 is 9.47 Å². The van der Waals surface area contributed by atoms with Crippen molar-refractivity contribution in [3.05, 3.63) is 94.9 Å². The smallest absolute Gasteiger partial charge is 0.258 e. The first-order valence-corrected chi connectivity index (χ1v) is 10.9. The van der Waals surface area contributed by atoms with Gasteiger partial charge in [-0.05, 0) is 46.9 Å². The Morgan fingerprint density at radius 2 is 1.72 bits per heavy atom. The number of amides is 1. The van der Waals surface area contributed by atoms with Crippen LogP contribution in [0.1, 0.15) is 28.4 Å². The summed E-state index contributed by atoms with van der Waals surface area (Å²) in [5, 5.41) is 2.29. The highest BCUT2D eigenvalue weighted by Gasteiger charge is 2.37. The van der Waals surface area contributed by atoms with Crippen molar-refractivity contribution in [3.63, 3.8) is 0 Å². The molecule has 4 aromatic rings. The van der Waals surface area contributed by atoms with Crippen LogP contribution in [-0.4, -0.2) is 38.4 Å². The molecule has 1 amide bonds. The zero-order valence-corrected chi connectivity index (χ0v) is 17.5. The van der Waals surface area contributed by atoms with E-state index in [2.05, 4.69) is 40.3 Å². The third-order valence-corrected chi connectivity index (χ3v) is 6.76. The Balaban J connectivity index is 1.34. The van der Waals surface area contributed by atoms with Crippen molar-refractivity contribution in [2.24, 2.45) is 5.92 Å². The molecule has 2 atom stereocenters. The summed E-state index contributed by atoms with van der Waals surface area (Å²) in [5.74, 6) is 0.387. The number of carbonyl (C=O) groups is 1. The van der Waals surface area contributed by atoms with Gasteiger partial charge in [-0.1, -0.05) is 36.4 Å². The fourth-order valence-electron chi connectivity index (χ4n) is 5.28. The van der Waals surface area contributed by atoms with Crippen LogP contribution in [0.25, 0.3) is 21.9 Å². The second-order valence-electron chi connectivity index (χ2n) is 8.79. The van der Waals surface area contributed by atoms with Gasteiger partial charge in [-0.25, -0.2) is 9.97 Å². The Labute approximate surface area is 185 Å². The second kappa shape index (κ2) is 7.41. The van der Waals surface area contributed by atoms with Gasteiger partial charge >= 0.3 is 0 Å². The van der Waals surface area contributed by atoms with Crippen molar-refractivity contribution in [1.82, 2.24) is 19.4 Å². The molecule has 6 nitrogen and oxygen atoms in total. The maximum absolute atomic E-state index is 13.5. The average Bonchev–Trinajstić information content (AvgIpc) is 2.84. The van der Waals surface area contributed by atoms with E-state index >= 15 is 0 Å². The molecule has 32 heavy (non-hydrogen) atoms. The number of carbonyl (C=O) groups excluding carboxylic acids is 1. The molecule has 2 aliphatic heterocycles. The standard InChI is InChI=1S/C26H22N4O2/c31-25(22-11-27-16-28-12-22)29-13-17-9-21(15-29)24-8-7-23(26(32)30(24)14-17)20-6-5-18-3-1-2-4-19(18)10-20/h1-8,10-12,16-17,21H,9,13-15H2/t17-,21+/m0/s1. The van der Waals surface area contributed by atoms with Crippen LogP contribution in [0.4, 0.5) is 0 Å². The minimum Gasteiger partial charge on any atom is -0.338 e. The minimum atomic E-state index is -0.0381. The molecule has 2 aromatic heterocycles. The van der Waals surface area contributed by atoms with Gasteiger partial charge in [-0.3, -0.25) is 9.59 Å². The molecule has 2 bridgehead atoms. The Hall–Kier alpha value is -3.80. The highest BCUT2D eigenvalue weighted by molar-refractivity contribution is 5.93. The van der Waals surface area contributed by atoms with Gasteiger partial charge in [0.2, 0.25) is 0 Å². The van der Waals surface area contributed by atoms with E-state index in [9.17, 15) is 9.59 Å². The molecular weight excluding hydrogens is 400 g/mol. The molecule has 0 radical (unpaired) electrons. The zero-order chi connectivity index (χ0) is 21.7. The summed E-state index contributed by atoms with van der Waals surface area (Å²) < 4.78 is 1.94. The van der Waals surface area contributed by atoms with Crippen molar-refractivity contribution >= 4 is 16.7 Å². The molecule has 0 unspecified atom stereocenters. The number of fused-ring (bicyclic) bond motifs is 5. The number of aromatic nitrogens is 3. The molecule has 0 N–H and O–H groups in total. The monoisotopic (exact) mass is 422 g/mol. The van der Waals surface area contributed by atoms with Crippen LogP contribution < -0.4 is 5.56 Å². The molecule has 6 heteroatoms. The molecule has 2 aromatic carbocycles. The summed E-state index contributed by atoms with van der Waals surface area (Å²) in [6.45, 7) is 1.90. The maximum Gasteiger partial charge on any atom is 0.258 e. The first-order valence-electron chi connectivity index (χ1n) is 10.9. The number of benzene rings is 2. The lowest BCUT2D eigenvalue weighted by atomic mass is 9.82. The molecule has 2 aliphatic rings. The Morgan fingerprint density at radius 3 is 2.56 bits per heavy atom. The summed E-state index contributed by atoms with van der Waals surface area (Å²) in [6.07, 6.45) is 5.56. The fraction of sp³-hybridized carbons (Fsp3) is 0.231. The van der Waals surface area contributed by atoms with E-state index < -0.39 is 0 Å². The molecular formula is C26H22N4O2. The predicted octanol–water partition coefficient (Wildman–Crippen LogP) is 3.72. The van der Waals surface area contributed by atoms with Crippen LogP contribution in [0, 0.1) is 5.92 Å². The van der Waals surface area contributed by atoms with Crippen LogP contribution in [0.15, 0.2) is 78.1 Å². The fourth-order valence-corrected chi connectivity index (χ4v) is 5.28. The molecule has 0 saturated carbocycles. The number of hydrogen-bond acceptors (Lipinski definition) is 4. The average molecular weight is 422 g/mol. The SMILES string of the molecule is O=C(c1cncnc1)N1C[C@@H]2C[C@H](C1)c1ccc(-c3ccc4ccccc4c3)c(=O)n1C2. The highest BCUT2D eigenvalue weighted by Crippen LogP contribution is 2.36. The molecule has 1 saturated heterocycles. The second-order valence-corrected chi connectivity index (χ2v) is 8.79. The van der Waals surface area contributed by atoms with E-state index in [0.717, 1.165) is 34.0 Å². The Bertz CT molecular complexity index is 1400. The van der Waals surface area contributed by atoms with Crippen LogP contribution in [-0.2, 0) is 6.54 Å². The van der Waals surface area contributed by atoms with Gasteiger partial charge in [0, 0.05) is 49.2 Å². The quantitative estimate of drug-likeness (QED) is 0.494. The molecule has 4 heterocycles. The van der Waals surface area contributed by atoms with E-state index in [0.29, 0.717) is 25.2 Å². The number of nitrogens with zero attached hydrogens (tertiary/aromatic N) is 4. The van der Waals surface area contributed by atoms with E-state index in [4.69, 9.17) is 0 Å². The van der Waals surface area contributed by atoms with E-state index in [1.807, 2.05) is 33.7 Å². The molecule has 1 fully saturated rings. The van der Waals surface area contributed by atoms with Gasteiger partial charge in [-0.15, -0.1) is 0 Å². The molecule has 6 rings (SSSR count). The summed E-state index contributed by atoms with van der Waals surface area (Å²) in [5.41, 5.74) is 3.27. The summed E-state index contributed by atoms with van der Waals surface area (Å²) in [7, 11) is 0. The Morgan fingerprint density at radius 1 is 0.906 bits per heavy atom. The maximum atomic E-state index is 13.5. The molecule has 158 valence electrons. The number of likely N-dealkylation sites (tertiary alicyclic amines) is 1. The lowest BCUT2D eigenvalue weighted by molar-refractivity contribution is 0.0594. The van der Waals surface area contributed by atoms with E-state index in [1.165, 1.54) is 6.33 Å². The topological polar surface area (TPSA) is 68.1 Å². The molecule has 0 aliphatic carbocycles. The van der Waals surface area contributed by atoms with Crippen molar-refractivity contribution < 1.29 is 4.79 Å². The highest BCUT2D eigenvalue weighted by atomic mass is 16.2. The van der Waals surface area contributed by atoms with Crippen LogP contribution in [0.2, 0.25) is 0 Å². The third kappa shape index (κ3) is 3.11. The van der Waals surface area contributed by atoms with Crippen molar-refractivity contribution in [3.8, 4) is 11.1 Å². The summed E-state index contributed by atoms with van der Waals surface area (Å²) in [6, 6.07) is 18.4. The Kier molecular flexibility index (Phi) is 4.38. The van der Waals surface area contributed by atoms with Gasteiger partial charge in [0.1, 0.15) is 6.33 Å². The van der Waals surface area contributed by atoms with Crippen molar-refractivity contribution in [2.45, 2.75) is 18.9 Å². The van der Waals surface area contributed by atoms with Gasteiger partial charge in [0.05, 0.1) is 5.56 Å². The lowest BCUT2D eigenvalue weighted by Crippen LogP contribution is -2.49. The van der Waals surface area contributed by atoms with Crippen LogP contribution in [0.5, 0.6) is 0 Å². The largest absolute Gasteiger partial charge is 0.338 e. The third-order valence-electron chi connectivity index (χ3n) is 6.76. The van der Waals surface area contributed by atoms with Crippen LogP contribution in [0.3, 0.4) is 0 Å². The number of hydrogen-bond donors (Lipinski definition) is 0. The first kappa shape index (κ1) is 18.9. The number of rotatable bonds is 2. The zero-order valence-electron chi connectivity index (χ0n) is 17.5. The van der Waals surface area contributed by atoms with Crippen LogP contribution >= 0.6 is 0 Å². The van der Waals surface area contributed by atoms with Gasteiger partial charge in [-0.2, -0.15) is 0 Å². The molecule has 0 spiro atoms. The van der Waals surface area contributed by atoms with Gasteiger partial charge in [0.15, 0.2) is 0 Å². The van der Waals surface area contributed by atoms with Crippen molar-refractivity contribution in [1.29, 1.82) is 0 Å². The normalized spacial score (nSPS) is 19.6. The van der Waals surface area contributed by atoms with E-state index in [-0.39, 0.29) is 23.3 Å². The number of pyridine rings is 1. The lowest BCUT2D eigenvalue weighted by Gasteiger charge is -2.42. The summed E-state index contributed by atoms with van der Waals surface area (Å²) >= 11 is 0. The first-order chi connectivity index (χ1) is 15.7. The number of piperidine rings is 1. The minimum absolute atomic E-state index is 0.0381. The van der Waals surface area contributed by atoms with Crippen molar-refractivity contribution in [2.75, 3.05) is 13.1 Å². The summed E-state index contributed by atoms with van der Waals surface area (Å²) in [4.78, 5) is 36.3.